The van der Waals surface area contributed by atoms with Crippen LogP contribution < -0.4 is 5.32 Å². The Morgan fingerprint density at radius 3 is 3.14 bits per heavy atom. The van der Waals surface area contributed by atoms with Crippen LogP contribution >= 0.6 is 0 Å². The molecular weight excluding hydrogens is 174 g/mol. The first-order valence-corrected chi connectivity index (χ1v) is 5.83. The molecule has 0 amide bonds. The Hall–Kier alpha value is -0.340. The van der Waals surface area contributed by atoms with Crippen LogP contribution in [0.3, 0.4) is 0 Å². The van der Waals surface area contributed by atoms with E-state index in [4.69, 9.17) is 4.74 Å². The lowest BCUT2D eigenvalue weighted by Gasteiger charge is -2.41. The van der Waals surface area contributed by atoms with Gasteiger partial charge in [0.1, 0.15) is 0 Å². The molecule has 0 aromatic rings. The van der Waals surface area contributed by atoms with Gasteiger partial charge in [-0.3, -0.25) is 0 Å². The molecule has 2 nitrogen and oxygen atoms in total. The topological polar surface area (TPSA) is 21.3 Å². The highest BCUT2D eigenvalue weighted by atomic mass is 16.5. The fourth-order valence-electron chi connectivity index (χ4n) is 2.61. The summed E-state index contributed by atoms with van der Waals surface area (Å²) in [6.07, 6.45) is 7.74. The van der Waals surface area contributed by atoms with Gasteiger partial charge in [-0.1, -0.05) is 12.2 Å². The van der Waals surface area contributed by atoms with Crippen LogP contribution in [0, 0.1) is 11.8 Å². The van der Waals surface area contributed by atoms with Crippen molar-refractivity contribution in [2.75, 3.05) is 13.2 Å². The number of ether oxygens (including phenoxy) is 1. The Bertz CT molecular complexity index is 214. The Morgan fingerprint density at radius 1 is 1.57 bits per heavy atom. The highest BCUT2D eigenvalue weighted by Crippen LogP contribution is 2.42. The van der Waals surface area contributed by atoms with Gasteiger partial charge >= 0.3 is 0 Å². The Labute approximate surface area is 86.7 Å². The van der Waals surface area contributed by atoms with Crippen molar-refractivity contribution in [3.05, 3.63) is 12.2 Å². The molecule has 0 saturated heterocycles. The molecule has 1 saturated carbocycles. The summed E-state index contributed by atoms with van der Waals surface area (Å²) in [5, 5.41) is 3.60. The average Bonchev–Trinajstić information content (AvgIpc) is 2.48. The molecule has 2 rings (SSSR count). The van der Waals surface area contributed by atoms with Crippen molar-refractivity contribution in [1.29, 1.82) is 0 Å². The van der Waals surface area contributed by atoms with Crippen LogP contribution in [-0.2, 0) is 4.74 Å². The molecule has 1 fully saturated rings. The minimum atomic E-state index is 0.351. The van der Waals surface area contributed by atoms with Gasteiger partial charge in [0.25, 0.3) is 0 Å². The summed E-state index contributed by atoms with van der Waals surface area (Å²) in [6, 6.07) is 0.724. The van der Waals surface area contributed by atoms with Crippen molar-refractivity contribution < 1.29 is 4.74 Å². The number of hydrogen-bond donors (Lipinski definition) is 1. The molecule has 0 aliphatic heterocycles. The van der Waals surface area contributed by atoms with Crippen LogP contribution in [0.5, 0.6) is 0 Å². The molecule has 2 aliphatic carbocycles. The van der Waals surface area contributed by atoms with E-state index in [0.717, 1.165) is 31.0 Å². The minimum absolute atomic E-state index is 0.351. The first kappa shape index (κ1) is 10.2. The van der Waals surface area contributed by atoms with Crippen LogP contribution in [0.4, 0.5) is 0 Å². The predicted octanol–water partition coefficient (Wildman–Crippen LogP) is 1.97. The maximum Gasteiger partial charge on any atom is 0.0671 e. The minimum Gasteiger partial charge on any atom is -0.377 e. The van der Waals surface area contributed by atoms with Gasteiger partial charge in [-0.15, -0.1) is 0 Å². The molecule has 0 aromatic heterocycles. The van der Waals surface area contributed by atoms with Gasteiger partial charge in [-0.05, 0) is 38.5 Å². The van der Waals surface area contributed by atoms with Crippen molar-refractivity contribution in [2.24, 2.45) is 11.8 Å². The Balaban J connectivity index is 1.65. The van der Waals surface area contributed by atoms with Crippen molar-refractivity contribution >= 4 is 0 Å². The maximum absolute atomic E-state index is 5.49. The van der Waals surface area contributed by atoms with Gasteiger partial charge < -0.3 is 10.1 Å². The molecule has 2 heteroatoms. The predicted molar refractivity (Wildman–Crippen MR) is 58.2 cm³/mol. The quantitative estimate of drug-likeness (QED) is 0.677. The maximum atomic E-state index is 5.49. The zero-order chi connectivity index (χ0) is 9.97. The largest absolute Gasteiger partial charge is 0.377 e. The summed E-state index contributed by atoms with van der Waals surface area (Å²) in [5.41, 5.74) is 0. The average molecular weight is 195 g/mol. The zero-order valence-electron chi connectivity index (χ0n) is 9.20. The highest BCUT2D eigenvalue weighted by molar-refractivity contribution is 5.12. The van der Waals surface area contributed by atoms with Crippen LogP contribution in [0.15, 0.2) is 12.2 Å². The molecule has 14 heavy (non-hydrogen) atoms. The van der Waals surface area contributed by atoms with E-state index in [9.17, 15) is 0 Å². The standard InChI is InChI=1S/C12H21NO/c1-3-14-9(2)8-13-12-7-10-5-4-6-11(10)12/h4,6,9-13H,3,5,7-8H2,1-2H3. The lowest BCUT2D eigenvalue weighted by molar-refractivity contribution is 0.0625. The van der Waals surface area contributed by atoms with E-state index in [1.165, 1.54) is 12.8 Å². The van der Waals surface area contributed by atoms with E-state index >= 15 is 0 Å². The first-order chi connectivity index (χ1) is 6.81. The molecule has 0 bridgehead atoms. The van der Waals surface area contributed by atoms with E-state index < -0.39 is 0 Å². The van der Waals surface area contributed by atoms with Gasteiger partial charge in [0.05, 0.1) is 6.10 Å². The third-order valence-corrected chi connectivity index (χ3v) is 3.48. The van der Waals surface area contributed by atoms with Crippen LogP contribution in [0.25, 0.3) is 0 Å². The third kappa shape index (κ3) is 2.01. The number of nitrogens with one attached hydrogen (secondary N) is 1. The smallest absolute Gasteiger partial charge is 0.0671 e. The van der Waals surface area contributed by atoms with Gasteiger partial charge in [-0.2, -0.15) is 0 Å². The first-order valence-electron chi connectivity index (χ1n) is 5.83. The van der Waals surface area contributed by atoms with Crippen LogP contribution in [0.2, 0.25) is 0 Å². The summed E-state index contributed by atoms with van der Waals surface area (Å²) < 4.78 is 5.49. The summed E-state index contributed by atoms with van der Waals surface area (Å²) in [6.45, 7) is 6.00. The summed E-state index contributed by atoms with van der Waals surface area (Å²) in [5.74, 6) is 1.78. The molecule has 4 atom stereocenters. The van der Waals surface area contributed by atoms with E-state index in [0.29, 0.717) is 6.10 Å². The molecule has 0 heterocycles. The van der Waals surface area contributed by atoms with Crippen LogP contribution in [0.1, 0.15) is 26.7 Å². The molecule has 0 spiro atoms. The second-order valence-corrected chi connectivity index (χ2v) is 4.52. The van der Waals surface area contributed by atoms with Crippen molar-refractivity contribution in [3.63, 3.8) is 0 Å². The molecule has 2 aliphatic rings. The molecule has 1 N–H and O–H groups in total. The Kier molecular flexibility index (Phi) is 3.24. The van der Waals surface area contributed by atoms with Gasteiger partial charge in [0.15, 0.2) is 0 Å². The number of hydrogen-bond acceptors (Lipinski definition) is 2. The summed E-state index contributed by atoms with van der Waals surface area (Å²) in [4.78, 5) is 0. The molecule has 80 valence electrons. The zero-order valence-corrected chi connectivity index (χ0v) is 9.20. The van der Waals surface area contributed by atoms with Crippen molar-refractivity contribution in [2.45, 2.75) is 38.8 Å². The Morgan fingerprint density at radius 2 is 2.43 bits per heavy atom. The molecule has 0 radical (unpaired) electrons. The van der Waals surface area contributed by atoms with Crippen LogP contribution in [-0.4, -0.2) is 25.3 Å². The van der Waals surface area contributed by atoms with Crippen molar-refractivity contribution in [3.8, 4) is 0 Å². The SMILES string of the molecule is CCOC(C)CNC1CC2CC=CC21. The summed E-state index contributed by atoms with van der Waals surface area (Å²) in [7, 11) is 0. The number of allylic oxidation sites excluding steroid dienone is 1. The normalized spacial score (nSPS) is 36.6. The second-order valence-electron chi connectivity index (χ2n) is 4.52. The van der Waals surface area contributed by atoms with E-state index in [1.807, 2.05) is 0 Å². The fraction of sp³-hybridized carbons (Fsp3) is 0.833. The lowest BCUT2D eigenvalue weighted by Crippen LogP contribution is -2.50. The number of fused-ring (bicyclic) bond motifs is 1. The fourth-order valence-corrected chi connectivity index (χ4v) is 2.61. The van der Waals surface area contributed by atoms with E-state index in [2.05, 4.69) is 31.3 Å². The summed E-state index contributed by atoms with van der Waals surface area (Å²) >= 11 is 0. The lowest BCUT2D eigenvalue weighted by atomic mass is 9.71. The van der Waals surface area contributed by atoms with Gasteiger partial charge in [0.2, 0.25) is 0 Å². The third-order valence-electron chi connectivity index (χ3n) is 3.48. The van der Waals surface area contributed by atoms with Crippen molar-refractivity contribution in [1.82, 2.24) is 5.32 Å². The van der Waals surface area contributed by atoms with Gasteiger partial charge in [0, 0.05) is 19.2 Å². The number of rotatable bonds is 5. The monoisotopic (exact) mass is 195 g/mol. The van der Waals surface area contributed by atoms with E-state index in [1.54, 1.807) is 0 Å². The van der Waals surface area contributed by atoms with Gasteiger partial charge in [-0.25, -0.2) is 0 Å². The van der Waals surface area contributed by atoms with E-state index in [-0.39, 0.29) is 0 Å². The molecule has 4 unspecified atom stereocenters. The highest BCUT2D eigenvalue weighted by Gasteiger charge is 2.40. The molecule has 0 aromatic carbocycles. The molecular formula is C12H21NO. The second kappa shape index (κ2) is 4.45.